The van der Waals surface area contributed by atoms with E-state index in [9.17, 15) is 8.42 Å². The van der Waals surface area contributed by atoms with Gasteiger partial charge in [-0.15, -0.1) is 0 Å². The summed E-state index contributed by atoms with van der Waals surface area (Å²) in [6.45, 7) is 4.31. The molecule has 0 aliphatic carbocycles. The lowest BCUT2D eigenvalue weighted by molar-refractivity contribution is 0.0525. The van der Waals surface area contributed by atoms with Crippen LogP contribution in [0.15, 0.2) is 83.8 Å². The van der Waals surface area contributed by atoms with Gasteiger partial charge in [-0.1, -0.05) is 60.2 Å². The minimum atomic E-state index is -3.87. The van der Waals surface area contributed by atoms with Crippen LogP contribution in [-0.4, -0.2) is 8.42 Å². The summed E-state index contributed by atoms with van der Waals surface area (Å²) in [5, 5.41) is 0. The molecule has 3 aromatic rings. The fourth-order valence-electron chi connectivity index (χ4n) is 2.59. The molecule has 0 amide bonds. The van der Waals surface area contributed by atoms with E-state index in [1.165, 1.54) is 0 Å². The van der Waals surface area contributed by atoms with E-state index in [2.05, 4.69) is 0 Å². The fourth-order valence-corrected chi connectivity index (χ4v) is 3.51. The van der Waals surface area contributed by atoms with Crippen molar-refractivity contribution < 1.29 is 17.3 Å². The van der Waals surface area contributed by atoms with E-state index < -0.39 is 10.1 Å². The lowest BCUT2D eigenvalue weighted by atomic mass is 10.1. The lowest BCUT2D eigenvalue weighted by Crippen LogP contribution is -2.10. The van der Waals surface area contributed by atoms with Crippen molar-refractivity contribution in [3.05, 3.63) is 95.6 Å². The van der Waals surface area contributed by atoms with Gasteiger partial charge in [-0.05, 0) is 49.2 Å². The standard InChI is InChI=1S/C22H22O4S/c1-17-11-13-22(14-12-17)27(23,24)26-21-10-6-9-20(15-21)18(2)25-16-19-7-4-3-5-8-19/h3-15,18H,16H2,1-2H3. The topological polar surface area (TPSA) is 52.6 Å². The lowest BCUT2D eigenvalue weighted by Gasteiger charge is -2.15. The van der Waals surface area contributed by atoms with Gasteiger partial charge >= 0.3 is 10.1 Å². The summed E-state index contributed by atoms with van der Waals surface area (Å²) >= 11 is 0. The van der Waals surface area contributed by atoms with E-state index in [1.54, 1.807) is 42.5 Å². The van der Waals surface area contributed by atoms with Crippen molar-refractivity contribution in [2.24, 2.45) is 0 Å². The van der Waals surface area contributed by atoms with Gasteiger partial charge in [-0.2, -0.15) is 8.42 Å². The Morgan fingerprint density at radius 2 is 1.59 bits per heavy atom. The molecule has 1 unspecified atom stereocenters. The summed E-state index contributed by atoms with van der Waals surface area (Å²) in [5.74, 6) is 0.267. The molecular weight excluding hydrogens is 360 g/mol. The molecule has 27 heavy (non-hydrogen) atoms. The first kappa shape index (κ1) is 19.1. The number of rotatable bonds is 7. The van der Waals surface area contributed by atoms with Crippen molar-refractivity contribution in [3.63, 3.8) is 0 Å². The Morgan fingerprint density at radius 3 is 2.30 bits per heavy atom. The quantitative estimate of drug-likeness (QED) is 0.537. The first-order chi connectivity index (χ1) is 12.9. The highest BCUT2D eigenvalue weighted by atomic mass is 32.2. The molecule has 3 aromatic carbocycles. The molecule has 0 saturated carbocycles. The molecule has 0 fully saturated rings. The van der Waals surface area contributed by atoms with Crippen LogP contribution in [0.2, 0.25) is 0 Å². The number of benzene rings is 3. The molecule has 3 rings (SSSR count). The van der Waals surface area contributed by atoms with Crippen molar-refractivity contribution >= 4 is 10.1 Å². The summed E-state index contributed by atoms with van der Waals surface area (Å²) < 4.78 is 36.1. The van der Waals surface area contributed by atoms with Crippen molar-refractivity contribution in [1.29, 1.82) is 0 Å². The van der Waals surface area contributed by atoms with Crippen LogP contribution in [-0.2, 0) is 21.5 Å². The Labute approximate surface area is 160 Å². The fraction of sp³-hybridized carbons (Fsp3) is 0.182. The van der Waals surface area contributed by atoms with Gasteiger partial charge in [0.15, 0.2) is 0 Å². The third kappa shape index (κ3) is 5.18. The van der Waals surface area contributed by atoms with Crippen LogP contribution >= 0.6 is 0 Å². The van der Waals surface area contributed by atoms with E-state index in [4.69, 9.17) is 8.92 Å². The maximum absolute atomic E-state index is 12.5. The van der Waals surface area contributed by atoms with Gasteiger partial charge in [0.2, 0.25) is 0 Å². The largest absolute Gasteiger partial charge is 0.379 e. The van der Waals surface area contributed by atoms with Crippen LogP contribution in [0.4, 0.5) is 0 Å². The molecule has 1 atom stereocenters. The zero-order valence-corrected chi connectivity index (χ0v) is 16.1. The first-order valence-electron chi connectivity index (χ1n) is 8.71. The normalized spacial score (nSPS) is 12.5. The molecule has 0 aliphatic rings. The van der Waals surface area contributed by atoms with Crippen molar-refractivity contribution in [2.45, 2.75) is 31.5 Å². The van der Waals surface area contributed by atoms with Crippen LogP contribution in [0.1, 0.15) is 29.7 Å². The van der Waals surface area contributed by atoms with Gasteiger partial charge in [0.25, 0.3) is 0 Å². The van der Waals surface area contributed by atoms with Crippen LogP contribution < -0.4 is 4.18 Å². The van der Waals surface area contributed by atoms with Crippen LogP contribution in [0.25, 0.3) is 0 Å². The van der Waals surface area contributed by atoms with E-state index >= 15 is 0 Å². The van der Waals surface area contributed by atoms with E-state index in [1.807, 2.05) is 50.2 Å². The molecule has 5 heteroatoms. The zero-order valence-electron chi connectivity index (χ0n) is 15.3. The highest BCUT2D eigenvalue weighted by Gasteiger charge is 2.17. The molecule has 140 valence electrons. The minimum Gasteiger partial charge on any atom is -0.379 e. The molecule has 0 N–H and O–H groups in total. The van der Waals surface area contributed by atoms with Crippen LogP contribution in [0.5, 0.6) is 5.75 Å². The van der Waals surface area contributed by atoms with Crippen molar-refractivity contribution in [3.8, 4) is 5.75 Å². The Bertz CT molecular complexity index is 980. The van der Waals surface area contributed by atoms with Crippen molar-refractivity contribution in [1.82, 2.24) is 0 Å². The predicted octanol–water partition coefficient (Wildman–Crippen LogP) is 5.04. The average Bonchev–Trinajstić information content (AvgIpc) is 2.67. The number of hydrogen-bond donors (Lipinski definition) is 0. The Kier molecular flexibility index (Phi) is 5.94. The van der Waals surface area contributed by atoms with Gasteiger partial charge in [0.05, 0.1) is 12.7 Å². The molecule has 0 heterocycles. The molecule has 0 spiro atoms. The third-order valence-electron chi connectivity index (χ3n) is 4.19. The summed E-state index contributed by atoms with van der Waals surface area (Å²) in [7, 11) is -3.87. The molecule has 0 aliphatic heterocycles. The van der Waals surface area contributed by atoms with Gasteiger partial charge in [0.1, 0.15) is 10.6 Å². The van der Waals surface area contributed by atoms with E-state index in [-0.39, 0.29) is 16.7 Å². The second-order valence-electron chi connectivity index (χ2n) is 6.36. The average molecular weight is 382 g/mol. The molecule has 0 radical (unpaired) electrons. The smallest absolute Gasteiger partial charge is 0.339 e. The van der Waals surface area contributed by atoms with Crippen LogP contribution in [0.3, 0.4) is 0 Å². The Balaban J connectivity index is 1.70. The van der Waals surface area contributed by atoms with Gasteiger partial charge in [0, 0.05) is 0 Å². The maximum atomic E-state index is 12.5. The highest BCUT2D eigenvalue weighted by Crippen LogP contribution is 2.25. The summed E-state index contributed by atoms with van der Waals surface area (Å²) in [4.78, 5) is 0.131. The Morgan fingerprint density at radius 1 is 0.889 bits per heavy atom. The highest BCUT2D eigenvalue weighted by molar-refractivity contribution is 7.87. The monoisotopic (exact) mass is 382 g/mol. The first-order valence-corrected chi connectivity index (χ1v) is 10.1. The van der Waals surface area contributed by atoms with E-state index in [0.717, 1.165) is 16.7 Å². The number of ether oxygens (including phenoxy) is 1. The number of hydrogen-bond acceptors (Lipinski definition) is 4. The van der Waals surface area contributed by atoms with Crippen molar-refractivity contribution in [2.75, 3.05) is 0 Å². The molecule has 0 aromatic heterocycles. The molecule has 0 bridgehead atoms. The third-order valence-corrected chi connectivity index (χ3v) is 5.45. The van der Waals surface area contributed by atoms with Crippen LogP contribution in [0, 0.1) is 6.92 Å². The number of aryl methyl sites for hydroxylation is 1. The second kappa shape index (κ2) is 8.37. The zero-order chi connectivity index (χ0) is 19.3. The van der Waals surface area contributed by atoms with E-state index in [0.29, 0.717) is 6.61 Å². The Hall–Kier alpha value is -2.63. The summed E-state index contributed by atoms with van der Waals surface area (Å²) in [6, 6.07) is 23.4. The van der Waals surface area contributed by atoms with Gasteiger partial charge in [-0.3, -0.25) is 0 Å². The van der Waals surface area contributed by atoms with Gasteiger partial charge in [-0.25, -0.2) is 0 Å². The van der Waals surface area contributed by atoms with Gasteiger partial charge < -0.3 is 8.92 Å². The second-order valence-corrected chi connectivity index (χ2v) is 7.91. The maximum Gasteiger partial charge on any atom is 0.339 e. The summed E-state index contributed by atoms with van der Waals surface area (Å²) in [6.07, 6.45) is -0.198. The predicted molar refractivity (Wildman–Crippen MR) is 105 cm³/mol. The molecular formula is C22H22O4S. The minimum absolute atomic E-state index is 0.131. The molecule has 4 nitrogen and oxygen atoms in total. The SMILES string of the molecule is Cc1ccc(S(=O)(=O)Oc2cccc(C(C)OCc3ccccc3)c2)cc1. The summed E-state index contributed by atoms with van der Waals surface area (Å²) in [5.41, 5.74) is 2.92. The molecule has 0 saturated heterocycles.